The molecule has 0 radical (unpaired) electrons. The quantitative estimate of drug-likeness (QED) is 0.252. The van der Waals surface area contributed by atoms with Gasteiger partial charge in [0.2, 0.25) is 0 Å². The molecule has 0 bridgehead atoms. The number of rotatable bonds is 4. The van der Waals surface area contributed by atoms with E-state index in [1.54, 1.807) is 0 Å². The summed E-state index contributed by atoms with van der Waals surface area (Å²) in [6.07, 6.45) is -6.81. The molecule has 0 aromatic rings. The zero-order valence-corrected chi connectivity index (χ0v) is 18.8. The van der Waals surface area contributed by atoms with Crippen molar-refractivity contribution in [3.63, 3.8) is 0 Å². The minimum Gasteiger partial charge on any atom is -0.676 e. The predicted octanol–water partition coefficient (Wildman–Crippen LogP) is -9.59. The molecule has 0 aromatic carbocycles. The Balaban J connectivity index is 0. The molecule has 1 heterocycles. The van der Waals surface area contributed by atoms with Crippen molar-refractivity contribution in [1.29, 1.82) is 0 Å². The Morgan fingerprint density at radius 1 is 1.16 bits per heavy atom. The average Bonchev–Trinajstić information content (AvgIpc) is 2.24. The number of aliphatic hydroxyl groups is 3. The van der Waals surface area contributed by atoms with Gasteiger partial charge in [-0.2, -0.15) is 0 Å². The summed E-state index contributed by atoms with van der Waals surface area (Å²) in [6, 6.07) is 0. The van der Waals surface area contributed by atoms with Gasteiger partial charge >= 0.3 is 103 Å². The SMILES string of the molecule is CO[C@H]1O[C@H](CO[P+]([O-])([O-])[S-])[C@@H](O)[C@H](O)[C@@H]1O.[K+].[K+]. The summed E-state index contributed by atoms with van der Waals surface area (Å²) in [5, 5.41) is 28.4. The molecule has 0 spiro atoms. The third kappa shape index (κ3) is 8.40. The Kier molecular flexibility index (Phi) is 14.9. The summed E-state index contributed by atoms with van der Waals surface area (Å²) in [4.78, 5) is 21.2. The second-order valence-corrected chi connectivity index (χ2v) is 5.99. The van der Waals surface area contributed by atoms with Crippen LogP contribution in [0.15, 0.2) is 0 Å². The van der Waals surface area contributed by atoms with Crippen LogP contribution in [0.2, 0.25) is 0 Å². The molecule has 19 heavy (non-hydrogen) atoms. The van der Waals surface area contributed by atoms with Gasteiger partial charge in [-0.25, -0.2) is 0 Å². The van der Waals surface area contributed by atoms with Gasteiger partial charge in [0, 0.05) is 7.11 Å². The van der Waals surface area contributed by atoms with Crippen molar-refractivity contribution in [2.75, 3.05) is 13.7 Å². The molecule has 1 aliphatic heterocycles. The smallest absolute Gasteiger partial charge is 0.676 e. The Morgan fingerprint density at radius 2 is 1.68 bits per heavy atom. The summed E-state index contributed by atoms with van der Waals surface area (Å²) >= 11 is 4.00. The Morgan fingerprint density at radius 3 is 2.11 bits per heavy atom. The zero-order chi connectivity index (χ0) is 13.2. The Hall–Kier alpha value is 3.73. The number of aliphatic hydroxyl groups excluding tert-OH is 3. The standard InChI is InChI=1S/C7H15O8PS.2K/c1-13-7-6(10)5(9)4(8)3(15-7)2-14-16(11,12)17;;/h3-10H,2H2,1H3,(H2,11,12,17);;/q;2*+1/p-2/t3-,4-,5+,6+,7+;;/m1../s1. The average molecular weight is 366 g/mol. The van der Waals surface area contributed by atoms with Gasteiger partial charge in [-0.3, -0.25) is 4.52 Å². The maximum Gasteiger partial charge on any atom is 1.00 e. The fraction of sp³-hybridized carbons (Fsp3) is 1.00. The largest absolute Gasteiger partial charge is 1.00 e. The number of hydrogen-bond donors (Lipinski definition) is 3. The van der Waals surface area contributed by atoms with Crippen LogP contribution >= 0.6 is 7.15 Å². The third-order valence-electron chi connectivity index (χ3n) is 2.30. The van der Waals surface area contributed by atoms with E-state index in [-0.39, 0.29) is 103 Å². The predicted molar refractivity (Wildman–Crippen MR) is 53.9 cm³/mol. The molecule has 8 nitrogen and oxygen atoms in total. The van der Waals surface area contributed by atoms with Crippen molar-refractivity contribution >= 4 is 19.4 Å². The van der Waals surface area contributed by atoms with E-state index >= 15 is 0 Å². The summed E-state index contributed by atoms with van der Waals surface area (Å²) in [7, 11) is -3.14. The zero-order valence-electron chi connectivity index (χ0n) is 10.8. The molecule has 0 saturated carbocycles. The first-order chi connectivity index (χ1) is 7.76. The molecule has 12 heteroatoms. The summed E-state index contributed by atoms with van der Waals surface area (Å²) < 4.78 is 14.0. The second-order valence-electron chi connectivity index (χ2n) is 3.49. The fourth-order valence-corrected chi connectivity index (χ4v) is 1.93. The molecule has 5 atom stereocenters. The third-order valence-corrected chi connectivity index (χ3v) is 3.08. The second kappa shape index (κ2) is 11.3. The van der Waals surface area contributed by atoms with E-state index in [9.17, 15) is 25.1 Å². The van der Waals surface area contributed by atoms with Crippen molar-refractivity contribution in [1.82, 2.24) is 0 Å². The van der Waals surface area contributed by atoms with Crippen LogP contribution in [0.1, 0.15) is 0 Å². The van der Waals surface area contributed by atoms with Gasteiger partial charge in [0.05, 0.1) is 0 Å². The van der Waals surface area contributed by atoms with Crippen molar-refractivity contribution in [2.45, 2.75) is 30.7 Å². The summed E-state index contributed by atoms with van der Waals surface area (Å²) in [6.45, 7) is -0.560. The molecule has 3 N–H and O–H groups in total. The minimum atomic E-state index is -4.36. The van der Waals surface area contributed by atoms with Gasteiger partial charge in [-0.15, -0.1) is 0 Å². The monoisotopic (exact) mass is 366 g/mol. The van der Waals surface area contributed by atoms with Crippen molar-refractivity contribution in [2.24, 2.45) is 0 Å². The van der Waals surface area contributed by atoms with E-state index in [0.29, 0.717) is 0 Å². The van der Waals surface area contributed by atoms with E-state index in [4.69, 9.17) is 9.47 Å². The Labute approximate surface area is 201 Å². The van der Waals surface area contributed by atoms with Crippen LogP contribution < -0.4 is 113 Å². The number of methoxy groups -OCH3 is 1. The fourth-order valence-electron chi connectivity index (χ4n) is 1.41. The van der Waals surface area contributed by atoms with Gasteiger partial charge in [0.15, 0.2) is 6.29 Å². The molecule has 102 valence electrons. The topological polar surface area (TPSA) is 134 Å². The molecule has 0 amide bonds. The van der Waals surface area contributed by atoms with E-state index in [2.05, 4.69) is 16.8 Å². The molecule has 0 aliphatic carbocycles. The van der Waals surface area contributed by atoms with Crippen molar-refractivity contribution < 1.29 is 142 Å². The molecule has 0 unspecified atom stereocenters. The van der Waals surface area contributed by atoms with Crippen LogP contribution in [0.3, 0.4) is 0 Å². The van der Waals surface area contributed by atoms with E-state index < -0.39 is 44.5 Å². The van der Waals surface area contributed by atoms with Gasteiger partial charge in [0.25, 0.3) is 0 Å². The normalized spacial score (nSPS) is 35.2. The molecule has 1 aliphatic rings. The first kappa shape index (κ1) is 25.0. The first-order valence-corrected chi connectivity index (χ1v) is 7.21. The maximum atomic E-state index is 10.6. The molecule has 1 rings (SSSR count). The maximum absolute atomic E-state index is 10.6. The summed E-state index contributed by atoms with van der Waals surface area (Å²) in [5.74, 6) is 0. The van der Waals surface area contributed by atoms with Gasteiger partial charge < -0.3 is 46.8 Å². The van der Waals surface area contributed by atoms with Crippen LogP contribution in [-0.2, 0) is 26.2 Å². The molecule has 0 aromatic heterocycles. The number of ether oxygens (including phenoxy) is 2. The Bertz CT molecular complexity index is 256. The van der Waals surface area contributed by atoms with Crippen molar-refractivity contribution in [3.05, 3.63) is 0 Å². The van der Waals surface area contributed by atoms with Crippen LogP contribution in [0.4, 0.5) is 0 Å². The minimum absolute atomic E-state index is 0. The van der Waals surface area contributed by atoms with E-state index in [0.717, 1.165) is 0 Å². The molecule has 1 saturated heterocycles. The van der Waals surface area contributed by atoms with Crippen LogP contribution in [0.25, 0.3) is 0 Å². The van der Waals surface area contributed by atoms with Gasteiger partial charge in [-0.1, -0.05) is 7.15 Å². The van der Waals surface area contributed by atoms with Gasteiger partial charge in [-0.05, 0) is 0 Å². The molecular weight excluding hydrogens is 353 g/mol. The van der Waals surface area contributed by atoms with Crippen LogP contribution in [-0.4, -0.2) is 59.7 Å². The first-order valence-electron chi connectivity index (χ1n) is 4.65. The van der Waals surface area contributed by atoms with E-state index in [1.807, 2.05) is 0 Å². The van der Waals surface area contributed by atoms with Crippen molar-refractivity contribution in [3.8, 4) is 0 Å². The number of hydrogen-bond acceptors (Lipinski definition) is 9. The molecule has 1 fully saturated rings. The van der Waals surface area contributed by atoms with Crippen LogP contribution in [0.5, 0.6) is 0 Å². The van der Waals surface area contributed by atoms with E-state index in [1.165, 1.54) is 7.11 Å². The van der Waals surface area contributed by atoms with Gasteiger partial charge in [0.1, 0.15) is 31.0 Å². The van der Waals surface area contributed by atoms with Crippen LogP contribution in [0, 0.1) is 0 Å². The summed E-state index contributed by atoms with van der Waals surface area (Å²) in [5.41, 5.74) is 0. The molecular formula is C7H13K2O8PS.